The van der Waals surface area contributed by atoms with Crippen LogP contribution in [0.2, 0.25) is 0 Å². The Bertz CT molecular complexity index is 1050. The van der Waals surface area contributed by atoms with Gasteiger partial charge in [-0.05, 0) is 42.5 Å². The molecule has 3 aromatic rings. The number of piperazine rings is 1. The lowest BCUT2D eigenvalue weighted by molar-refractivity contribution is 0.0748. The molecule has 0 radical (unpaired) electrons. The lowest BCUT2D eigenvalue weighted by Gasteiger charge is -2.36. The fourth-order valence-corrected chi connectivity index (χ4v) is 3.58. The van der Waals surface area contributed by atoms with Crippen molar-refractivity contribution in [3.8, 4) is 0 Å². The average Bonchev–Trinajstić information content (AvgIpc) is 2.80. The summed E-state index contributed by atoms with van der Waals surface area (Å²) in [6.45, 7) is 2.68. The van der Waals surface area contributed by atoms with Crippen LogP contribution < -0.4 is 10.2 Å². The van der Waals surface area contributed by atoms with E-state index in [0.29, 0.717) is 24.3 Å². The number of nitrogens with one attached hydrogen (secondary N) is 1. The average molecular weight is 403 g/mol. The van der Waals surface area contributed by atoms with Crippen molar-refractivity contribution in [3.05, 3.63) is 95.8 Å². The highest BCUT2D eigenvalue weighted by molar-refractivity contribution is 6.09. The maximum atomic E-state index is 13.4. The number of halogens is 1. The van der Waals surface area contributed by atoms with Crippen LogP contribution in [0.25, 0.3) is 0 Å². The molecule has 6 heteroatoms. The summed E-state index contributed by atoms with van der Waals surface area (Å²) in [6.07, 6.45) is 0. The van der Waals surface area contributed by atoms with Gasteiger partial charge >= 0.3 is 0 Å². The Morgan fingerprint density at radius 2 is 1.50 bits per heavy atom. The van der Waals surface area contributed by atoms with E-state index >= 15 is 0 Å². The van der Waals surface area contributed by atoms with Crippen molar-refractivity contribution in [2.75, 3.05) is 36.4 Å². The van der Waals surface area contributed by atoms with Crippen LogP contribution in [0.4, 0.5) is 15.8 Å². The molecule has 1 aliphatic rings. The Morgan fingerprint density at radius 1 is 0.800 bits per heavy atom. The van der Waals surface area contributed by atoms with E-state index in [0.717, 1.165) is 18.8 Å². The standard InChI is InChI=1S/C24H22FN3O2/c25-19-8-6-7-18(17-19)23(29)26-22-12-5-4-11-21(22)24(30)28-15-13-27(14-16-28)20-9-2-1-3-10-20/h1-12,17H,13-16H2,(H,26,29). The number of benzene rings is 3. The SMILES string of the molecule is O=C(Nc1ccccc1C(=O)N1CCN(c2ccccc2)CC1)c1cccc(F)c1. The number of para-hydroxylation sites is 2. The van der Waals surface area contributed by atoms with Crippen molar-refractivity contribution in [2.45, 2.75) is 0 Å². The minimum absolute atomic E-state index is 0.127. The summed E-state index contributed by atoms with van der Waals surface area (Å²) < 4.78 is 13.4. The molecule has 1 N–H and O–H groups in total. The normalized spacial score (nSPS) is 13.8. The van der Waals surface area contributed by atoms with Gasteiger partial charge in [-0.3, -0.25) is 9.59 Å². The molecule has 0 spiro atoms. The monoisotopic (exact) mass is 403 g/mol. The van der Waals surface area contributed by atoms with Crippen LogP contribution >= 0.6 is 0 Å². The van der Waals surface area contributed by atoms with Gasteiger partial charge in [-0.2, -0.15) is 0 Å². The lowest BCUT2D eigenvalue weighted by atomic mass is 10.1. The minimum atomic E-state index is -0.483. The molecule has 30 heavy (non-hydrogen) atoms. The Hall–Kier alpha value is -3.67. The van der Waals surface area contributed by atoms with E-state index in [9.17, 15) is 14.0 Å². The molecule has 0 aliphatic carbocycles. The van der Waals surface area contributed by atoms with Crippen LogP contribution in [0.15, 0.2) is 78.9 Å². The number of carbonyl (C=O) groups excluding carboxylic acids is 2. The molecule has 4 rings (SSSR count). The predicted molar refractivity (Wildman–Crippen MR) is 115 cm³/mol. The van der Waals surface area contributed by atoms with Gasteiger partial charge in [-0.15, -0.1) is 0 Å². The van der Waals surface area contributed by atoms with Crippen molar-refractivity contribution in [2.24, 2.45) is 0 Å². The summed E-state index contributed by atoms with van der Waals surface area (Å²) in [5.74, 6) is -1.07. The van der Waals surface area contributed by atoms with Crippen LogP contribution in [0.3, 0.4) is 0 Å². The van der Waals surface area contributed by atoms with E-state index in [1.54, 1.807) is 29.2 Å². The van der Waals surface area contributed by atoms with Crippen LogP contribution in [-0.4, -0.2) is 42.9 Å². The molecular formula is C24H22FN3O2. The summed E-state index contributed by atoms with van der Waals surface area (Å²) in [5, 5.41) is 2.75. The summed E-state index contributed by atoms with van der Waals surface area (Å²) in [5.41, 5.74) is 2.19. The summed E-state index contributed by atoms with van der Waals surface area (Å²) in [4.78, 5) is 29.7. The topological polar surface area (TPSA) is 52.7 Å². The van der Waals surface area contributed by atoms with Gasteiger partial charge in [0.15, 0.2) is 0 Å². The highest BCUT2D eigenvalue weighted by atomic mass is 19.1. The van der Waals surface area contributed by atoms with Crippen molar-refractivity contribution in [1.29, 1.82) is 0 Å². The van der Waals surface area contributed by atoms with Crippen LogP contribution in [0, 0.1) is 5.82 Å². The Morgan fingerprint density at radius 3 is 2.23 bits per heavy atom. The highest BCUT2D eigenvalue weighted by Gasteiger charge is 2.24. The van der Waals surface area contributed by atoms with Crippen molar-refractivity contribution in [3.63, 3.8) is 0 Å². The Labute approximate surface area is 174 Å². The number of anilines is 2. The molecule has 0 aromatic heterocycles. The minimum Gasteiger partial charge on any atom is -0.368 e. The van der Waals surface area contributed by atoms with E-state index in [4.69, 9.17) is 0 Å². The van der Waals surface area contributed by atoms with Gasteiger partial charge in [0.2, 0.25) is 0 Å². The van der Waals surface area contributed by atoms with Gasteiger partial charge in [0.1, 0.15) is 5.82 Å². The smallest absolute Gasteiger partial charge is 0.256 e. The number of nitrogens with zero attached hydrogens (tertiary/aromatic N) is 2. The first-order valence-corrected chi connectivity index (χ1v) is 9.87. The number of rotatable bonds is 4. The van der Waals surface area contributed by atoms with Gasteiger partial charge in [0, 0.05) is 37.4 Å². The molecule has 0 bridgehead atoms. The van der Waals surface area contributed by atoms with Gasteiger partial charge in [-0.25, -0.2) is 4.39 Å². The zero-order chi connectivity index (χ0) is 20.9. The first-order chi connectivity index (χ1) is 14.6. The van der Waals surface area contributed by atoms with Gasteiger partial charge in [-0.1, -0.05) is 36.4 Å². The van der Waals surface area contributed by atoms with Gasteiger partial charge < -0.3 is 15.1 Å². The van der Waals surface area contributed by atoms with Crippen LogP contribution in [0.1, 0.15) is 20.7 Å². The first-order valence-electron chi connectivity index (χ1n) is 9.87. The van der Waals surface area contributed by atoms with Crippen LogP contribution in [-0.2, 0) is 0 Å². The maximum absolute atomic E-state index is 13.4. The molecule has 1 saturated heterocycles. The first kappa shape index (κ1) is 19.6. The third kappa shape index (κ3) is 4.33. The number of amides is 2. The molecule has 3 aromatic carbocycles. The molecule has 1 fully saturated rings. The highest BCUT2D eigenvalue weighted by Crippen LogP contribution is 2.21. The molecule has 2 amide bonds. The third-order valence-corrected chi connectivity index (χ3v) is 5.18. The van der Waals surface area contributed by atoms with E-state index in [1.165, 1.54) is 24.3 Å². The van der Waals surface area contributed by atoms with Crippen molar-refractivity contribution >= 4 is 23.2 Å². The maximum Gasteiger partial charge on any atom is 0.256 e. The molecule has 1 aliphatic heterocycles. The second-order valence-corrected chi connectivity index (χ2v) is 7.12. The lowest BCUT2D eigenvalue weighted by Crippen LogP contribution is -2.48. The zero-order valence-electron chi connectivity index (χ0n) is 16.4. The molecule has 152 valence electrons. The largest absolute Gasteiger partial charge is 0.368 e. The van der Waals surface area contributed by atoms with Crippen molar-refractivity contribution in [1.82, 2.24) is 4.90 Å². The van der Waals surface area contributed by atoms with E-state index in [1.807, 2.05) is 18.2 Å². The fourth-order valence-electron chi connectivity index (χ4n) is 3.58. The van der Waals surface area contributed by atoms with E-state index < -0.39 is 11.7 Å². The molecule has 1 heterocycles. The molecule has 5 nitrogen and oxygen atoms in total. The molecule has 0 saturated carbocycles. The number of hydrogen-bond donors (Lipinski definition) is 1. The summed E-state index contributed by atoms with van der Waals surface area (Å²) >= 11 is 0. The zero-order valence-corrected chi connectivity index (χ0v) is 16.4. The molecular weight excluding hydrogens is 381 g/mol. The van der Waals surface area contributed by atoms with Gasteiger partial charge in [0.05, 0.1) is 11.3 Å². The van der Waals surface area contributed by atoms with E-state index in [2.05, 4.69) is 22.3 Å². The number of carbonyl (C=O) groups is 2. The van der Waals surface area contributed by atoms with Crippen LogP contribution in [0.5, 0.6) is 0 Å². The van der Waals surface area contributed by atoms with Crippen molar-refractivity contribution < 1.29 is 14.0 Å². The van der Waals surface area contributed by atoms with E-state index in [-0.39, 0.29) is 11.5 Å². The fraction of sp³-hybridized carbons (Fsp3) is 0.167. The number of hydrogen-bond acceptors (Lipinski definition) is 3. The Kier molecular flexibility index (Phi) is 5.75. The molecule has 0 unspecified atom stereocenters. The third-order valence-electron chi connectivity index (χ3n) is 5.18. The van der Waals surface area contributed by atoms with Gasteiger partial charge in [0.25, 0.3) is 11.8 Å². The summed E-state index contributed by atoms with van der Waals surface area (Å²) in [6, 6.07) is 22.5. The quantitative estimate of drug-likeness (QED) is 0.715. The predicted octanol–water partition coefficient (Wildman–Crippen LogP) is 4.04. The summed E-state index contributed by atoms with van der Waals surface area (Å²) in [7, 11) is 0. The second kappa shape index (κ2) is 8.78. The molecule has 0 atom stereocenters. The second-order valence-electron chi connectivity index (χ2n) is 7.12. The Balaban J connectivity index is 1.46.